The summed E-state index contributed by atoms with van der Waals surface area (Å²) in [4.78, 5) is 22.6. The van der Waals surface area contributed by atoms with Crippen molar-refractivity contribution in [3.05, 3.63) is 69.5 Å². The van der Waals surface area contributed by atoms with Crippen LogP contribution in [0.15, 0.2) is 48.2 Å². The quantitative estimate of drug-likeness (QED) is 0.487. The Morgan fingerprint density at radius 2 is 2.12 bits per heavy atom. The third-order valence-electron chi connectivity index (χ3n) is 3.32. The average Bonchev–Trinajstić information content (AvgIpc) is 2.88. The smallest absolute Gasteiger partial charge is 0.270 e. The van der Waals surface area contributed by atoms with Gasteiger partial charge in [0, 0.05) is 18.2 Å². The number of Topliss-reactive ketones (excluding diaryl/α,β-unsaturated/α-hetero) is 1. The average molecular weight is 322 g/mol. The van der Waals surface area contributed by atoms with E-state index in [0.717, 1.165) is 0 Å². The number of ketones is 1. The zero-order chi connectivity index (χ0) is 17.1. The van der Waals surface area contributed by atoms with Crippen LogP contribution in [0.1, 0.15) is 15.9 Å². The van der Waals surface area contributed by atoms with Gasteiger partial charge in [-0.05, 0) is 23.8 Å². The molecular formula is C17H10N2O5. The zero-order valence-corrected chi connectivity index (χ0v) is 12.3. The number of nitro groups is 1. The summed E-state index contributed by atoms with van der Waals surface area (Å²) in [5.41, 5.74) is 0.789. The molecule has 24 heavy (non-hydrogen) atoms. The van der Waals surface area contributed by atoms with Crippen molar-refractivity contribution in [1.29, 1.82) is 5.26 Å². The van der Waals surface area contributed by atoms with Crippen molar-refractivity contribution in [1.82, 2.24) is 0 Å². The molecule has 0 bridgehead atoms. The molecule has 0 fully saturated rings. The van der Waals surface area contributed by atoms with Crippen molar-refractivity contribution in [3.63, 3.8) is 0 Å². The lowest BCUT2D eigenvalue weighted by molar-refractivity contribution is -0.384. The highest BCUT2D eigenvalue weighted by molar-refractivity contribution is 6.14. The maximum Gasteiger partial charge on any atom is 0.270 e. The summed E-state index contributed by atoms with van der Waals surface area (Å²) in [5, 5.41) is 19.3. The van der Waals surface area contributed by atoms with E-state index in [1.807, 2.05) is 6.07 Å². The molecule has 2 aromatic carbocycles. The molecule has 0 unspecified atom stereocenters. The molecule has 118 valence electrons. The van der Waals surface area contributed by atoms with E-state index in [0.29, 0.717) is 22.6 Å². The second-order valence-electron chi connectivity index (χ2n) is 4.90. The van der Waals surface area contributed by atoms with Gasteiger partial charge in [0.1, 0.15) is 17.6 Å². The Kier molecular flexibility index (Phi) is 3.95. The molecule has 0 aliphatic carbocycles. The van der Waals surface area contributed by atoms with E-state index in [2.05, 4.69) is 0 Å². The van der Waals surface area contributed by atoms with Crippen LogP contribution in [-0.2, 0) is 0 Å². The normalized spacial score (nSPS) is 14.0. The molecule has 1 aliphatic heterocycles. The minimum absolute atomic E-state index is 0.0699. The molecule has 0 radical (unpaired) electrons. The molecule has 0 aromatic heterocycles. The van der Waals surface area contributed by atoms with Crippen LogP contribution >= 0.6 is 0 Å². The van der Waals surface area contributed by atoms with Gasteiger partial charge in [-0.15, -0.1) is 0 Å². The molecule has 0 amide bonds. The predicted octanol–water partition coefficient (Wildman–Crippen LogP) is 3.11. The maximum absolute atomic E-state index is 12.3. The van der Waals surface area contributed by atoms with Gasteiger partial charge >= 0.3 is 0 Å². The topological polar surface area (TPSA) is 102 Å². The van der Waals surface area contributed by atoms with Crippen LogP contribution in [0.4, 0.5) is 5.69 Å². The van der Waals surface area contributed by atoms with Crippen LogP contribution < -0.4 is 9.47 Å². The highest BCUT2D eigenvalue weighted by atomic mass is 16.6. The predicted molar refractivity (Wildman–Crippen MR) is 83.6 cm³/mol. The van der Waals surface area contributed by atoms with Gasteiger partial charge in [-0.2, -0.15) is 5.26 Å². The van der Waals surface area contributed by atoms with Crippen molar-refractivity contribution in [3.8, 4) is 17.6 Å². The number of carbonyl (C=O) groups excluding carboxylic acids is 1. The molecule has 0 saturated heterocycles. The molecule has 7 heteroatoms. The molecule has 3 rings (SSSR count). The standard InChI is InChI=1S/C17H10N2O5/c18-6-7-23-13-4-5-14-15(10-13)24-16(17(14)20)9-11-2-1-3-12(8-11)19(21)22/h1-5,8-10H,7H2/b16-9+. The second-order valence-corrected chi connectivity index (χ2v) is 4.90. The number of allylic oxidation sites excluding steroid dienone is 1. The fourth-order valence-corrected chi connectivity index (χ4v) is 2.25. The lowest BCUT2D eigenvalue weighted by Gasteiger charge is -2.03. The number of carbonyl (C=O) groups is 1. The Bertz CT molecular complexity index is 911. The SMILES string of the molecule is N#CCOc1ccc2c(c1)O/C(=C/c1cccc([N+](=O)[O-])c1)C2=O. The fourth-order valence-electron chi connectivity index (χ4n) is 2.25. The van der Waals surface area contributed by atoms with E-state index in [9.17, 15) is 14.9 Å². The minimum Gasteiger partial charge on any atom is -0.479 e. The van der Waals surface area contributed by atoms with Crippen LogP contribution in [0, 0.1) is 21.4 Å². The Morgan fingerprint density at radius 1 is 1.29 bits per heavy atom. The van der Waals surface area contributed by atoms with Crippen molar-refractivity contribution >= 4 is 17.5 Å². The van der Waals surface area contributed by atoms with Gasteiger partial charge in [0.25, 0.3) is 5.69 Å². The Labute approximate surface area is 136 Å². The van der Waals surface area contributed by atoms with E-state index >= 15 is 0 Å². The molecule has 1 aliphatic rings. The third-order valence-corrected chi connectivity index (χ3v) is 3.32. The maximum atomic E-state index is 12.3. The van der Waals surface area contributed by atoms with Crippen LogP contribution in [0.5, 0.6) is 11.5 Å². The first-order valence-electron chi connectivity index (χ1n) is 6.91. The van der Waals surface area contributed by atoms with Gasteiger partial charge in [-0.1, -0.05) is 12.1 Å². The number of benzene rings is 2. The Hall–Kier alpha value is -3.66. The molecule has 0 spiro atoms. The molecular weight excluding hydrogens is 312 g/mol. The van der Waals surface area contributed by atoms with Gasteiger partial charge < -0.3 is 9.47 Å². The molecule has 0 saturated carbocycles. The number of nitriles is 1. The number of ether oxygens (including phenoxy) is 2. The lowest BCUT2D eigenvalue weighted by Crippen LogP contribution is -1.98. The first-order valence-corrected chi connectivity index (χ1v) is 6.91. The van der Waals surface area contributed by atoms with Gasteiger partial charge in [0.05, 0.1) is 10.5 Å². The zero-order valence-electron chi connectivity index (χ0n) is 12.3. The second kappa shape index (κ2) is 6.22. The minimum atomic E-state index is -0.507. The summed E-state index contributed by atoms with van der Waals surface area (Å²) in [5.74, 6) is 0.498. The van der Waals surface area contributed by atoms with Crippen LogP contribution in [0.25, 0.3) is 6.08 Å². The van der Waals surface area contributed by atoms with Crippen molar-refractivity contribution < 1.29 is 19.2 Å². The van der Waals surface area contributed by atoms with E-state index in [1.165, 1.54) is 30.3 Å². The number of nitro benzene ring substituents is 1. The number of rotatable bonds is 4. The summed E-state index contributed by atoms with van der Waals surface area (Å²) in [6.07, 6.45) is 1.45. The summed E-state index contributed by atoms with van der Waals surface area (Å²) >= 11 is 0. The van der Waals surface area contributed by atoms with Crippen LogP contribution in [0.2, 0.25) is 0 Å². The Balaban J connectivity index is 1.89. The van der Waals surface area contributed by atoms with Crippen molar-refractivity contribution in [2.45, 2.75) is 0 Å². The first-order chi connectivity index (χ1) is 11.6. The van der Waals surface area contributed by atoms with Gasteiger partial charge in [-0.25, -0.2) is 0 Å². The third kappa shape index (κ3) is 2.94. The number of hydrogen-bond acceptors (Lipinski definition) is 6. The molecule has 7 nitrogen and oxygen atoms in total. The fraction of sp³-hybridized carbons (Fsp3) is 0.0588. The molecule has 0 atom stereocenters. The largest absolute Gasteiger partial charge is 0.479 e. The van der Waals surface area contributed by atoms with E-state index < -0.39 is 4.92 Å². The summed E-state index contributed by atoms with van der Waals surface area (Å²) in [7, 11) is 0. The first kappa shape index (κ1) is 15.2. The summed E-state index contributed by atoms with van der Waals surface area (Å²) in [6.45, 7) is -0.108. The van der Waals surface area contributed by atoms with Gasteiger partial charge in [0.15, 0.2) is 12.4 Å². The number of non-ortho nitro benzene ring substituents is 1. The Morgan fingerprint density at radius 3 is 2.88 bits per heavy atom. The number of nitrogens with zero attached hydrogens (tertiary/aromatic N) is 2. The highest BCUT2D eigenvalue weighted by Gasteiger charge is 2.27. The van der Waals surface area contributed by atoms with Crippen molar-refractivity contribution in [2.24, 2.45) is 0 Å². The highest BCUT2D eigenvalue weighted by Crippen LogP contribution is 2.35. The van der Waals surface area contributed by atoms with Crippen LogP contribution in [0.3, 0.4) is 0 Å². The van der Waals surface area contributed by atoms with Gasteiger partial charge in [0.2, 0.25) is 5.78 Å². The van der Waals surface area contributed by atoms with Crippen LogP contribution in [-0.4, -0.2) is 17.3 Å². The summed E-state index contributed by atoms with van der Waals surface area (Å²) in [6, 6.07) is 12.4. The monoisotopic (exact) mass is 322 g/mol. The van der Waals surface area contributed by atoms with Crippen molar-refractivity contribution in [2.75, 3.05) is 6.61 Å². The molecule has 2 aromatic rings. The summed E-state index contributed by atoms with van der Waals surface area (Å²) < 4.78 is 10.7. The molecule has 0 N–H and O–H groups in total. The van der Waals surface area contributed by atoms with E-state index in [-0.39, 0.29) is 23.8 Å². The van der Waals surface area contributed by atoms with E-state index in [4.69, 9.17) is 14.7 Å². The number of fused-ring (bicyclic) bond motifs is 1. The number of hydrogen-bond donors (Lipinski definition) is 0. The lowest BCUT2D eigenvalue weighted by atomic mass is 10.1. The van der Waals surface area contributed by atoms with Gasteiger partial charge in [-0.3, -0.25) is 14.9 Å². The molecule has 1 heterocycles. The van der Waals surface area contributed by atoms with E-state index in [1.54, 1.807) is 18.2 Å².